The number of H-pyrrole nitrogens is 1. The van der Waals surface area contributed by atoms with Gasteiger partial charge in [0.2, 0.25) is 0 Å². The molecule has 6 nitrogen and oxygen atoms in total. The van der Waals surface area contributed by atoms with Gasteiger partial charge in [0.05, 0.1) is 12.6 Å². The molecular weight excluding hydrogens is 438 g/mol. The SMILES string of the molecule is CCOc1cccc(C2c3c(-c4ccccc4O)n[nH]c3C(=O)N2Cc2ccc(Cl)cc2)c1. The topological polar surface area (TPSA) is 78.5 Å². The normalized spacial score (nSPS) is 15.0. The summed E-state index contributed by atoms with van der Waals surface area (Å²) in [6.45, 7) is 2.87. The molecule has 0 saturated heterocycles. The molecule has 2 N–H and O–H groups in total. The predicted octanol–water partition coefficient (Wildman–Crippen LogP) is 5.58. The molecule has 1 aromatic heterocycles. The number of para-hydroxylation sites is 1. The number of hydrogen-bond donors (Lipinski definition) is 2. The number of benzene rings is 3. The molecule has 3 aromatic carbocycles. The van der Waals surface area contributed by atoms with Crippen LogP contribution >= 0.6 is 11.6 Å². The lowest BCUT2D eigenvalue weighted by atomic mass is 9.95. The molecule has 7 heteroatoms. The summed E-state index contributed by atoms with van der Waals surface area (Å²) in [4.78, 5) is 15.3. The summed E-state index contributed by atoms with van der Waals surface area (Å²) in [6.07, 6.45) is 0. The second-order valence-corrected chi connectivity index (χ2v) is 8.28. The predicted molar refractivity (Wildman–Crippen MR) is 126 cm³/mol. The van der Waals surface area contributed by atoms with Crippen molar-refractivity contribution in [3.63, 3.8) is 0 Å². The lowest BCUT2D eigenvalue weighted by Crippen LogP contribution is -2.29. The van der Waals surface area contributed by atoms with Crippen LogP contribution in [0.3, 0.4) is 0 Å². The van der Waals surface area contributed by atoms with Crippen LogP contribution in [0.25, 0.3) is 11.3 Å². The average Bonchev–Trinajstić information content (AvgIpc) is 3.35. The highest BCUT2D eigenvalue weighted by Gasteiger charge is 2.42. The van der Waals surface area contributed by atoms with Gasteiger partial charge in [-0.25, -0.2) is 0 Å². The Kier molecular flexibility index (Phi) is 5.52. The van der Waals surface area contributed by atoms with Crippen LogP contribution in [0.4, 0.5) is 0 Å². The van der Waals surface area contributed by atoms with E-state index in [2.05, 4.69) is 10.2 Å². The second kappa shape index (κ2) is 8.64. The summed E-state index contributed by atoms with van der Waals surface area (Å²) in [5, 5.41) is 18.5. The summed E-state index contributed by atoms with van der Waals surface area (Å²) in [5.74, 6) is 0.688. The summed E-state index contributed by atoms with van der Waals surface area (Å²) in [5.41, 5.74) is 4.16. The number of amides is 1. The maximum absolute atomic E-state index is 13.5. The molecule has 0 saturated carbocycles. The molecule has 1 amide bonds. The van der Waals surface area contributed by atoms with Crippen LogP contribution in [-0.4, -0.2) is 32.7 Å². The van der Waals surface area contributed by atoms with Crippen molar-refractivity contribution in [3.05, 3.63) is 100 Å². The second-order valence-electron chi connectivity index (χ2n) is 7.85. The number of nitrogens with one attached hydrogen (secondary N) is 1. The maximum Gasteiger partial charge on any atom is 0.273 e. The number of rotatable bonds is 6. The highest BCUT2D eigenvalue weighted by molar-refractivity contribution is 6.30. The number of nitrogens with zero attached hydrogens (tertiary/aromatic N) is 2. The summed E-state index contributed by atoms with van der Waals surface area (Å²) < 4.78 is 5.72. The van der Waals surface area contributed by atoms with Crippen LogP contribution in [0.15, 0.2) is 72.8 Å². The number of phenols is 1. The molecule has 4 aromatic rings. The molecular formula is C26H22ClN3O3. The van der Waals surface area contributed by atoms with E-state index in [9.17, 15) is 9.90 Å². The number of aromatic amines is 1. The van der Waals surface area contributed by atoms with Gasteiger partial charge in [0.1, 0.15) is 22.9 Å². The number of aromatic hydroxyl groups is 1. The van der Waals surface area contributed by atoms with Gasteiger partial charge in [-0.1, -0.05) is 48.0 Å². The van der Waals surface area contributed by atoms with Crippen LogP contribution < -0.4 is 4.74 Å². The molecule has 0 spiro atoms. The first-order valence-corrected chi connectivity index (χ1v) is 11.1. The Balaban J connectivity index is 1.65. The lowest BCUT2D eigenvalue weighted by molar-refractivity contribution is 0.0730. The first-order chi connectivity index (χ1) is 16.1. The van der Waals surface area contributed by atoms with E-state index in [0.29, 0.717) is 35.1 Å². The highest BCUT2D eigenvalue weighted by atomic mass is 35.5. The van der Waals surface area contributed by atoms with Crippen LogP contribution in [-0.2, 0) is 6.54 Å². The van der Waals surface area contributed by atoms with E-state index in [4.69, 9.17) is 16.3 Å². The van der Waals surface area contributed by atoms with Crippen LogP contribution in [0.1, 0.15) is 40.1 Å². The van der Waals surface area contributed by atoms with Crippen molar-refractivity contribution in [1.29, 1.82) is 0 Å². The molecule has 0 radical (unpaired) electrons. The van der Waals surface area contributed by atoms with Gasteiger partial charge in [-0.2, -0.15) is 5.10 Å². The molecule has 33 heavy (non-hydrogen) atoms. The zero-order valence-electron chi connectivity index (χ0n) is 18.0. The van der Waals surface area contributed by atoms with E-state index in [1.807, 2.05) is 61.5 Å². The first kappa shape index (κ1) is 21.1. The molecule has 0 fully saturated rings. The monoisotopic (exact) mass is 459 g/mol. The Morgan fingerprint density at radius 3 is 2.64 bits per heavy atom. The van der Waals surface area contributed by atoms with Crippen molar-refractivity contribution in [3.8, 4) is 22.8 Å². The third kappa shape index (κ3) is 3.83. The lowest BCUT2D eigenvalue weighted by Gasteiger charge is -2.27. The summed E-state index contributed by atoms with van der Waals surface area (Å²) >= 11 is 6.06. The number of phenolic OH excluding ortho intramolecular Hbond substituents is 1. The first-order valence-electron chi connectivity index (χ1n) is 10.7. The van der Waals surface area contributed by atoms with Crippen molar-refractivity contribution in [2.75, 3.05) is 6.61 Å². The van der Waals surface area contributed by atoms with Gasteiger partial charge in [0.15, 0.2) is 0 Å². The third-order valence-corrected chi connectivity index (χ3v) is 6.03. The van der Waals surface area contributed by atoms with Crippen molar-refractivity contribution in [2.24, 2.45) is 0 Å². The molecule has 166 valence electrons. The quantitative estimate of drug-likeness (QED) is 0.394. The number of carbonyl (C=O) groups is 1. The van der Waals surface area contributed by atoms with E-state index in [1.165, 1.54) is 0 Å². The minimum atomic E-state index is -0.406. The molecule has 5 rings (SSSR count). The molecule has 1 aliphatic rings. The Labute approximate surface area is 196 Å². The fourth-order valence-electron chi connectivity index (χ4n) is 4.31. The van der Waals surface area contributed by atoms with Gasteiger partial charge in [0.25, 0.3) is 5.91 Å². The minimum Gasteiger partial charge on any atom is -0.507 e. The average molecular weight is 460 g/mol. The Hall–Kier alpha value is -3.77. The number of carbonyl (C=O) groups excluding carboxylic acids is 1. The number of hydrogen-bond acceptors (Lipinski definition) is 4. The van der Waals surface area contributed by atoms with E-state index in [1.54, 1.807) is 23.1 Å². The Morgan fingerprint density at radius 2 is 1.88 bits per heavy atom. The van der Waals surface area contributed by atoms with Crippen molar-refractivity contribution in [2.45, 2.75) is 19.5 Å². The molecule has 0 bridgehead atoms. The molecule has 1 atom stereocenters. The zero-order valence-corrected chi connectivity index (χ0v) is 18.7. The largest absolute Gasteiger partial charge is 0.507 e. The van der Waals surface area contributed by atoms with Crippen molar-refractivity contribution in [1.82, 2.24) is 15.1 Å². The fraction of sp³-hybridized carbons (Fsp3) is 0.154. The number of ether oxygens (including phenoxy) is 1. The van der Waals surface area contributed by atoms with Gasteiger partial charge in [-0.15, -0.1) is 0 Å². The van der Waals surface area contributed by atoms with Crippen molar-refractivity contribution < 1.29 is 14.6 Å². The molecule has 2 heterocycles. The van der Waals surface area contributed by atoms with E-state index in [0.717, 1.165) is 22.4 Å². The van der Waals surface area contributed by atoms with Gasteiger partial charge in [-0.05, 0) is 54.4 Å². The number of fused-ring (bicyclic) bond motifs is 1. The standard InChI is InChI=1S/C26H22ClN3O3/c1-2-33-19-7-5-6-17(14-19)25-22-23(20-8-3-4-9-21(20)31)28-29-24(22)26(32)30(25)15-16-10-12-18(27)13-11-16/h3-14,25,31H,2,15H2,1H3,(H,28,29). The number of aromatic nitrogens is 2. The van der Waals surface area contributed by atoms with E-state index >= 15 is 0 Å². The number of halogens is 1. The molecule has 1 aliphatic heterocycles. The maximum atomic E-state index is 13.5. The highest BCUT2D eigenvalue weighted by Crippen LogP contribution is 2.45. The third-order valence-electron chi connectivity index (χ3n) is 5.77. The molecule has 1 unspecified atom stereocenters. The van der Waals surface area contributed by atoms with Crippen LogP contribution in [0.2, 0.25) is 5.02 Å². The Bertz CT molecular complexity index is 1320. The fourth-order valence-corrected chi connectivity index (χ4v) is 4.44. The summed E-state index contributed by atoms with van der Waals surface area (Å²) in [7, 11) is 0. The summed E-state index contributed by atoms with van der Waals surface area (Å²) in [6, 6.07) is 21.8. The van der Waals surface area contributed by atoms with Crippen LogP contribution in [0.5, 0.6) is 11.5 Å². The van der Waals surface area contributed by atoms with Crippen LogP contribution in [0, 0.1) is 0 Å². The van der Waals surface area contributed by atoms with Crippen molar-refractivity contribution >= 4 is 17.5 Å². The Morgan fingerprint density at radius 1 is 1.09 bits per heavy atom. The smallest absolute Gasteiger partial charge is 0.273 e. The zero-order chi connectivity index (χ0) is 22.9. The van der Waals surface area contributed by atoms with E-state index in [-0.39, 0.29) is 11.7 Å². The van der Waals surface area contributed by atoms with Gasteiger partial charge in [-0.3, -0.25) is 9.89 Å². The van der Waals surface area contributed by atoms with Gasteiger partial charge in [0, 0.05) is 22.7 Å². The van der Waals surface area contributed by atoms with Gasteiger partial charge >= 0.3 is 0 Å². The minimum absolute atomic E-state index is 0.109. The van der Waals surface area contributed by atoms with E-state index < -0.39 is 6.04 Å². The van der Waals surface area contributed by atoms with Gasteiger partial charge < -0.3 is 14.7 Å². The molecule has 0 aliphatic carbocycles.